The first-order chi connectivity index (χ1) is 9.39. The maximum atomic E-state index is 12.8. The zero-order chi connectivity index (χ0) is 14.8. The fraction of sp³-hybridized carbons (Fsp3) is 0.0714. The number of nitrogens with one attached hydrogen (secondary N) is 1. The van der Waals surface area contributed by atoms with E-state index in [0.29, 0.717) is 10.2 Å². The Morgan fingerprint density at radius 3 is 2.25 bits per heavy atom. The van der Waals surface area contributed by atoms with E-state index in [1.54, 1.807) is 24.3 Å². The number of carbonyl (C=O) groups excluding carboxylic acids is 1. The SMILES string of the molecule is O=C(Nc1ccccc1Br)c1ccccc1C(F)(F)F. The van der Waals surface area contributed by atoms with Gasteiger partial charge in [0.15, 0.2) is 0 Å². The molecule has 0 aromatic heterocycles. The van der Waals surface area contributed by atoms with Crippen molar-refractivity contribution in [1.82, 2.24) is 0 Å². The number of para-hydroxylation sites is 1. The summed E-state index contributed by atoms with van der Waals surface area (Å²) in [5.74, 6) is -0.801. The minimum Gasteiger partial charge on any atom is -0.321 e. The van der Waals surface area contributed by atoms with E-state index in [-0.39, 0.29) is 0 Å². The van der Waals surface area contributed by atoms with Crippen LogP contribution >= 0.6 is 15.9 Å². The van der Waals surface area contributed by atoms with Crippen LogP contribution in [0.2, 0.25) is 0 Å². The third-order valence-corrected chi connectivity index (χ3v) is 3.29. The number of halogens is 4. The van der Waals surface area contributed by atoms with E-state index in [9.17, 15) is 18.0 Å². The van der Waals surface area contributed by atoms with Crippen LogP contribution in [0, 0.1) is 0 Å². The van der Waals surface area contributed by atoms with Crippen LogP contribution in [-0.4, -0.2) is 5.91 Å². The number of carbonyl (C=O) groups is 1. The highest BCUT2D eigenvalue weighted by Gasteiger charge is 2.34. The Morgan fingerprint density at radius 1 is 1.00 bits per heavy atom. The van der Waals surface area contributed by atoms with Gasteiger partial charge in [-0.15, -0.1) is 0 Å². The quantitative estimate of drug-likeness (QED) is 0.839. The first-order valence-corrected chi connectivity index (χ1v) is 6.41. The molecule has 6 heteroatoms. The monoisotopic (exact) mass is 343 g/mol. The summed E-state index contributed by atoms with van der Waals surface area (Å²) in [7, 11) is 0. The Balaban J connectivity index is 2.34. The first kappa shape index (κ1) is 14.6. The van der Waals surface area contributed by atoms with Crippen molar-refractivity contribution in [3.63, 3.8) is 0 Å². The molecule has 104 valence electrons. The van der Waals surface area contributed by atoms with Crippen molar-refractivity contribution < 1.29 is 18.0 Å². The van der Waals surface area contributed by atoms with Gasteiger partial charge in [-0.2, -0.15) is 13.2 Å². The van der Waals surface area contributed by atoms with Crippen LogP contribution in [0.3, 0.4) is 0 Å². The van der Waals surface area contributed by atoms with Crippen molar-refractivity contribution in [2.24, 2.45) is 0 Å². The molecule has 0 aliphatic carbocycles. The van der Waals surface area contributed by atoms with Crippen molar-refractivity contribution in [3.05, 3.63) is 64.1 Å². The van der Waals surface area contributed by atoms with Crippen LogP contribution in [-0.2, 0) is 6.18 Å². The number of hydrogen-bond acceptors (Lipinski definition) is 1. The van der Waals surface area contributed by atoms with E-state index in [1.165, 1.54) is 12.1 Å². The second-order valence-corrected chi connectivity index (χ2v) is 4.83. The fourth-order valence-corrected chi connectivity index (χ4v) is 2.06. The molecule has 2 aromatic rings. The van der Waals surface area contributed by atoms with E-state index in [0.717, 1.165) is 12.1 Å². The van der Waals surface area contributed by atoms with Crippen molar-refractivity contribution in [1.29, 1.82) is 0 Å². The Hall–Kier alpha value is -1.82. The van der Waals surface area contributed by atoms with Crippen molar-refractivity contribution in [3.8, 4) is 0 Å². The molecule has 0 aliphatic heterocycles. The Kier molecular flexibility index (Phi) is 4.13. The summed E-state index contributed by atoms with van der Waals surface area (Å²) in [5, 5.41) is 2.45. The largest absolute Gasteiger partial charge is 0.417 e. The third-order valence-electron chi connectivity index (χ3n) is 2.60. The average molecular weight is 344 g/mol. The predicted octanol–water partition coefficient (Wildman–Crippen LogP) is 4.72. The summed E-state index contributed by atoms with van der Waals surface area (Å²) in [5.41, 5.74) is -0.949. The lowest BCUT2D eigenvalue weighted by Gasteiger charge is -2.13. The Bertz CT molecular complexity index is 640. The molecule has 1 N–H and O–H groups in total. The predicted molar refractivity (Wildman–Crippen MR) is 73.5 cm³/mol. The van der Waals surface area contributed by atoms with Crippen LogP contribution < -0.4 is 5.32 Å². The number of alkyl halides is 3. The molecule has 20 heavy (non-hydrogen) atoms. The molecule has 2 rings (SSSR count). The van der Waals surface area contributed by atoms with Crippen LogP contribution in [0.15, 0.2) is 53.0 Å². The second-order valence-electron chi connectivity index (χ2n) is 3.98. The van der Waals surface area contributed by atoms with Gasteiger partial charge >= 0.3 is 6.18 Å². The highest BCUT2D eigenvalue weighted by atomic mass is 79.9. The van der Waals surface area contributed by atoms with Gasteiger partial charge in [-0.05, 0) is 40.2 Å². The molecule has 2 nitrogen and oxygen atoms in total. The highest BCUT2D eigenvalue weighted by Crippen LogP contribution is 2.32. The van der Waals surface area contributed by atoms with E-state index < -0.39 is 23.2 Å². The highest BCUT2D eigenvalue weighted by molar-refractivity contribution is 9.10. The molecular weight excluding hydrogens is 335 g/mol. The number of anilines is 1. The second kappa shape index (κ2) is 5.66. The first-order valence-electron chi connectivity index (χ1n) is 5.61. The topological polar surface area (TPSA) is 29.1 Å². The molecule has 0 aliphatic rings. The van der Waals surface area contributed by atoms with E-state index in [2.05, 4.69) is 21.2 Å². The lowest BCUT2D eigenvalue weighted by Crippen LogP contribution is -2.18. The van der Waals surface area contributed by atoms with Crippen LogP contribution in [0.25, 0.3) is 0 Å². The summed E-state index contributed by atoms with van der Waals surface area (Å²) < 4.78 is 39.1. The van der Waals surface area contributed by atoms with E-state index in [4.69, 9.17) is 0 Å². The maximum absolute atomic E-state index is 12.8. The van der Waals surface area contributed by atoms with Gasteiger partial charge in [0.05, 0.1) is 16.8 Å². The average Bonchev–Trinajstić information content (AvgIpc) is 2.40. The third kappa shape index (κ3) is 3.19. The summed E-state index contributed by atoms with van der Waals surface area (Å²) in [6.45, 7) is 0. The smallest absolute Gasteiger partial charge is 0.321 e. The number of benzene rings is 2. The zero-order valence-electron chi connectivity index (χ0n) is 10.0. The molecule has 1 amide bonds. The lowest BCUT2D eigenvalue weighted by atomic mass is 10.1. The lowest BCUT2D eigenvalue weighted by molar-refractivity contribution is -0.137. The van der Waals surface area contributed by atoms with Gasteiger partial charge in [0.1, 0.15) is 0 Å². The minimum absolute atomic E-state index is 0.407. The van der Waals surface area contributed by atoms with Crippen molar-refractivity contribution in [2.45, 2.75) is 6.18 Å². The van der Waals surface area contributed by atoms with Gasteiger partial charge in [-0.3, -0.25) is 4.79 Å². The summed E-state index contributed by atoms with van der Waals surface area (Å²) >= 11 is 3.22. The van der Waals surface area contributed by atoms with Crippen LogP contribution in [0.5, 0.6) is 0 Å². The van der Waals surface area contributed by atoms with Crippen LogP contribution in [0.4, 0.5) is 18.9 Å². The van der Waals surface area contributed by atoms with Crippen molar-refractivity contribution >= 4 is 27.5 Å². The van der Waals surface area contributed by atoms with Gasteiger partial charge in [0.2, 0.25) is 0 Å². The van der Waals surface area contributed by atoms with Gasteiger partial charge in [-0.1, -0.05) is 24.3 Å². The maximum Gasteiger partial charge on any atom is 0.417 e. The molecule has 0 fully saturated rings. The normalized spacial score (nSPS) is 11.2. The van der Waals surface area contributed by atoms with Crippen LogP contribution in [0.1, 0.15) is 15.9 Å². The number of rotatable bonds is 2. The molecule has 2 aromatic carbocycles. The van der Waals surface area contributed by atoms with Gasteiger partial charge in [-0.25, -0.2) is 0 Å². The van der Waals surface area contributed by atoms with Crippen molar-refractivity contribution in [2.75, 3.05) is 5.32 Å². The molecule has 0 unspecified atom stereocenters. The minimum atomic E-state index is -4.57. The molecule has 0 bridgehead atoms. The molecular formula is C14H9BrF3NO. The Labute approximate surface area is 121 Å². The molecule has 0 heterocycles. The molecule has 0 saturated carbocycles. The standard InChI is InChI=1S/C14H9BrF3NO/c15-11-7-3-4-8-12(11)19-13(20)9-5-1-2-6-10(9)14(16,17)18/h1-8H,(H,19,20). The number of hydrogen-bond donors (Lipinski definition) is 1. The fourth-order valence-electron chi connectivity index (χ4n) is 1.68. The number of amides is 1. The summed E-state index contributed by atoms with van der Waals surface area (Å²) in [6, 6.07) is 11.4. The molecule has 0 atom stereocenters. The van der Waals surface area contributed by atoms with Gasteiger partial charge < -0.3 is 5.32 Å². The van der Waals surface area contributed by atoms with Gasteiger partial charge in [0.25, 0.3) is 5.91 Å². The Morgan fingerprint density at radius 2 is 1.60 bits per heavy atom. The molecule has 0 spiro atoms. The summed E-state index contributed by atoms with van der Waals surface area (Å²) in [4.78, 5) is 12.0. The van der Waals surface area contributed by atoms with E-state index in [1.807, 2.05) is 0 Å². The summed E-state index contributed by atoms with van der Waals surface area (Å²) in [6.07, 6.45) is -4.57. The van der Waals surface area contributed by atoms with Gasteiger partial charge in [0, 0.05) is 4.47 Å². The zero-order valence-corrected chi connectivity index (χ0v) is 11.6. The molecule has 0 radical (unpaired) electrons. The van der Waals surface area contributed by atoms with E-state index >= 15 is 0 Å². The molecule has 0 saturated heterocycles.